The highest BCUT2D eigenvalue weighted by atomic mass is 32.2. The molecule has 2 aromatic rings. The predicted octanol–water partition coefficient (Wildman–Crippen LogP) is 2.85. The fourth-order valence-electron chi connectivity index (χ4n) is 2.20. The Morgan fingerprint density at radius 2 is 1.74 bits per heavy atom. The Kier molecular flexibility index (Phi) is 5.96. The van der Waals surface area contributed by atoms with Gasteiger partial charge in [0.1, 0.15) is 11.6 Å². The van der Waals surface area contributed by atoms with Gasteiger partial charge in [-0.2, -0.15) is 0 Å². The van der Waals surface area contributed by atoms with Gasteiger partial charge in [0, 0.05) is 11.5 Å². The summed E-state index contributed by atoms with van der Waals surface area (Å²) in [6.45, 7) is 9.18. The Morgan fingerprint density at radius 3 is 2.26 bits per heavy atom. The van der Waals surface area contributed by atoms with E-state index in [0.717, 1.165) is 18.2 Å². The zero-order valence-corrected chi connectivity index (χ0v) is 16.7. The zero-order valence-electron chi connectivity index (χ0n) is 15.9. The highest BCUT2D eigenvalue weighted by molar-refractivity contribution is 7.89. The molecule has 0 bridgehead atoms. The van der Waals surface area contributed by atoms with E-state index in [0.29, 0.717) is 5.82 Å². The molecule has 9 heteroatoms. The van der Waals surface area contributed by atoms with Gasteiger partial charge < -0.3 is 5.32 Å². The summed E-state index contributed by atoms with van der Waals surface area (Å²) in [7, 11) is -3.85. The maximum absolute atomic E-state index is 14.1. The van der Waals surface area contributed by atoms with Gasteiger partial charge in [0.05, 0.1) is 28.5 Å². The van der Waals surface area contributed by atoms with E-state index in [2.05, 4.69) is 20.0 Å². The van der Waals surface area contributed by atoms with Crippen LogP contribution >= 0.6 is 0 Å². The quantitative estimate of drug-likeness (QED) is 0.812. The summed E-state index contributed by atoms with van der Waals surface area (Å²) in [5.41, 5.74) is -0.358. The Labute approximate surface area is 158 Å². The van der Waals surface area contributed by atoms with E-state index in [1.54, 1.807) is 13.8 Å². The van der Waals surface area contributed by atoms with Crippen LogP contribution in [0.2, 0.25) is 0 Å². The Hall–Kier alpha value is -2.39. The first-order valence-corrected chi connectivity index (χ1v) is 9.84. The summed E-state index contributed by atoms with van der Waals surface area (Å²) >= 11 is 0. The topological polar surface area (TPSA) is 101 Å². The van der Waals surface area contributed by atoms with E-state index in [1.807, 2.05) is 20.8 Å². The van der Waals surface area contributed by atoms with Gasteiger partial charge in [0.2, 0.25) is 10.0 Å². The molecule has 146 valence electrons. The zero-order chi connectivity index (χ0) is 20.4. The van der Waals surface area contributed by atoms with E-state index in [1.165, 1.54) is 12.4 Å². The van der Waals surface area contributed by atoms with Crippen LogP contribution in [-0.4, -0.2) is 30.3 Å². The summed E-state index contributed by atoms with van der Waals surface area (Å²) in [5, 5.41) is 2.48. The second-order valence-corrected chi connectivity index (χ2v) is 9.13. The van der Waals surface area contributed by atoms with Gasteiger partial charge in [-0.25, -0.2) is 27.5 Å². The van der Waals surface area contributed by atoms with Crippen molar-refractivity contribution in [1.29, 1.82) is 0 Å². The van der Waals surface area contributed by atoms with Gasteiger partial charge in [-0.3, -0.25) is 4.79 Å². The van der Waals surface area contributed by atoms with E-state index in [4.69, 9.17) is 0 Å². The van der Waals surface area contributed by atoms with Gasteiger partial charge >= 0.3 is 0 Å². The van der Waals surface area contributed by atoms with Crippen LogP contribution < -0.4 is 10.0 Å². The highest BCUT2D eigenvalue weighted by Crippen LogP contribution is 2.20. The molecule has 0 aliphatic carbocycles. The second kappa shape index (κ2) is 7.69. The Bertz CT molecular complexity index is 936. The number of hydrogen-bond acceptors (Lipinski definition) is 5. The number of aromatic nitrogens is 2. The van der Waals surface area contributed by atoms with Crippen molar-refractivity contribution in [1.82, 2.24) is 14.7 Å². The lowest BCUT2D eigenvalue weighted by atomic mass is 9.96. The van der Waals surface area contributed by atoms with Gasteiger partial charge in [0.25, 0.3) is 5.91 Å². The normalized spacial score (nSPS) is 12.3. The molecule has 1 aromatic heterocycles. The molecule has 0 spiro atoms. The number of carbonyl (C=O) groups is 1. The number of carbonyl (C=O) groups excluding carboxylic acids is 1. The van der Waals surface area contributed by atoms with Crippen molar-refractivity contribution in [2.24, 2.45) is 0 Å². The second-order valence-electron chi connectivity index (χ2n) is 7.42. The molecule has 2 N–H and O–H groups in total. The molecule has 0 atom stereocenters. The van der Waals surface area contributed by atoms with E-state index >= 15 is 0 Å². The molecule has 0 radical (unpaired) electrons. The Morgan fingerprint density at radius 1 is 1.15 bits per heavy atom. The van der Waals surface area contributed by atoms with Crippen LogP contribution in [0.25, 0.3) is 0 Å². The van der Waals surface area contributed by atoms with Crippen LogP contribution in [-0.2, 0) is 15.4 Å². The van der Waals surface area contributed by atoms with Crippen molar-refractivity contribution in [3.63, 3.8) is 0 Å². The maximum Gasteiger partial charge on any atom is 0.258 e. The minimum atomic E-state index is -3.85. The van der Waals surface area contributed by atoms with E-state index in [-0.39, 0.29) is 27.6 Å². The van der Waals surface area contributed by atoms with Gasteiger partial charge in [-0.15, -0.1) is 0 Å². The van der Waals surface area contributed by atoms with Crippen LogP contribution in [0.15, 0.2) is 35.5 Å². The number of sulfonamides is 1. The van der Waals surface area contributed by atoms with Crippen LogP contribution in [0.3, 0.4) is 0 Å². The summed E-state index contributed by atoms with van der Waals surface area (Å²) in [5.74, 6) is -1.02. The molecule has 0 unspecified atom stereocenters. The lowest BCUT2D eigenvalue weighted by Crippen LogP contribution is -2.30. The standard InChI is InChI=1S/C18H23FN4O3S/c1-11(2)23-27(25,26)13-6-7-15(19)14(8-13)16(24)22-12-9-20-17(21-10-12)18(3,4)5/h6-11,23H,1-5H3,(H,22,24). The van der Waals surface area contributed by atoms with Crippen LogP contribution in [0.5, 0.6) is 0 Å². The molecule has 1 heterocycles. The number of hydrogen-bond donors (Lipinski definition) is 2. The minimum Gasteiger partial charge on any atom is -0.319 e. The molecule has 1 amide bonds. The molecule has 0 saturated carbocycles. The number of nitrogens with one attached hydrogen (secondary N) is 2. The maximum atomic E-state index is 14.1. The monoisotopic (exact) mass is 394 g/mol. The van der Waals surface area contributed by atoms with Crippen molar-refractivity contribution < 1.29 is 17.6 Å². The number of amides is 1. The smallest absolute Gasteiger partial charge is 0.258 e. The molecule has 27 heavy (non-hydrogen) atoms. The van der Waals surface area contributed by atoms with Crippen molar-refractivity contribution in [3.05, 3.63) is 47.8 Å². The van der Waals surface area contributed by atoms with Crippen LogP contribution in [0.4, 0.5) is 10.1 Å². The third kappa shape index (κ3) is 5.30. The Balaban J connectivity index is 2.27. The van der Waals surface area contributed by atoms with Gasteiger partial charge in [-0.05, 0) is 32.0 Å². The summed E-state index contributed by atoms with van der Waals surface area (Å²) in [4.78, 5) is 20.6. The van der Waals surface area contributed by atoms with Crippen LogP contribution in [0, 0.1) is 5.82 Å². The number of benzene rings is 1. The molecule has 7 nitrogen and oxygen atoms in total. The number of nitrogens with zero attached hydrogens (tertiary/aromatic N) is 2. The molecule has 0 aliphatic rings. The third-order valence-electron chi connectivity index (χ3n) is 3.46. The molecule has 0 aliphatic heterocycles. The summed E-state index contributed by atoms with van der Waals surface area (Å²) in [6, 6.07) is 2.72. The summed E-state index contributed by atoms with van der Waals surface area (Å²) < 4.78 is 40.9. The van der Waals surface area contributed by atoms with Gasteiger partial charge in [0.15, 0.2) is 0 Å². The first-order valence-electron chi connectivity index (χ1n) is 8.36. The molecule has 1 aromatic carbocycles. The van der Waals surface area contributed by atoms with E-state index < -0.39 is 21.7 Å². The van der Waals surface area contributed by atoms with Crippen LogP contribution in [0.1, 0.15) is 50.8 Å². The van der Waals surface area contributed by atoms with Crippen molar-refractivity contribution >= 4 is 21.6 Å². The van der Waals surface area contributed by atoms with Crippen molar-refractivity contribution in [2.45, 2.75) is 51.0 Å². The molecular weight excluding hydrogens is 371 g/mol. The largest absolute Gasteiger partial charge is 0.319 e. The van der Waals surface area contributed by atoms with Gasteiger partial charge in [-0.1, -0.05) is 20.8 Å². The first kappa shape index (κ1) is 20.9. The fourth-order valence-corrected chi connectivity index (χ4v) is 3.48. The minimum absolute atomic E-state index is 0.193. The highest BCUT2D eigenvalue weighted by Gasteiger charge is 2.21. The lowest BCUT2D eigenvalue weighted by Gasteiger charge is -2.16. The molecule has 2 rings (SSSR count). The molecule has 0 saturated heterocycles. The fraction of sp³-hybridized carbons (Fsp3) is 0.389. The predicted molar refractivity (Wildman–Crippen MR) is 101 cm³/mol. The third-order valence-corrected chi connectivity index (χ3v) is 5.12. The van der Waals surface area contributed by atoms with Crippen molar-refractivity contribution in [2.75, 3.05) is 5.32 Å². The average Bonchev–Trinajstić information content (AvgIpc) is 2.53. The lowest BCUT2D eigenvalue weighted by molar-refractivity contribution is 0.102. The number of anilines is 1. The number of rotatable bonds is 5. The van der Waals surface area contributed by atoms with E-state index in [9.17, 15) is 17.6 Å². The number of halogens is 1. The summed E-state index contributed by atoms with van der Waals surface area (Å²) in [6.07, 6.45) is 2.84. The first-order chi connectivity index (χ1) is 12.4. The SMILES string of the molecule is CC(C)NS(=O)(=O)c1ccc(F)c(C(=O)Nc2cnc(C(C)(C)C)nc2)c1. The average molecular weight is 394 g/mol. The molecule has 0 fully saturated rings. The molecular formula is C18H23FN4O3S. The van der Waals surface area contributed by atoms with Crippen molar-refractivity contribution in [3.8, 4) is 0 Å².